The molecular weight excluding hydrogens is 332 g/mol. The maximum atomic E-state index is 13.0. The predicted molar refractivity (Wildman–Crippen MR) is 103 cm³/mol. The summed E-state index contributed by atoms with van der Waals surface area (Å²) in [6.07, 6.45) is 6.48. The second-order valence-electron chi connectivity index (χ2n) is 8.06. The lowest BCUT2D eigenvalue weighted by molar-refractivity contribution is 0.0470. The van der Waals surface area contributed by atoms with Gasteiger partial charge in [0.25, 0.3) is 0 Å². The summed E-state index contributed by atoms with van der Waals surface area (Å²) in [5, 5.41) is 15.1. The molecule has 1 aromatic rings. The van der Waals surface area contributed by atoms with E-state index in [1.54, 1.807) is 24.9 Å². The molecule has 2 aliphatic carbocycles. The molecule has 0 saturated heterocycles. The van der Waals surface area contributed by atoms with Crippen LogP contribution in [0, 0.1) is 5.92 Å². The van der Waals surface area contributed by atoms with Gasteiger partial charge in [0.2, 0.25) is 0 Å². The Labute approximate surface area is 153 Å². The van der Waals surface area contributed by atoms with Crippen molar-refractivity contribution in [3.63, 3.8) is 0 Å². The molecule has 0 unspecified atom stereocenters. The zero-order valence-corrected chi connectivity index (χ0v) is 15.9. The van der Waals surface area contributed by atoms with E-state index in [0.717, 1.165) is 24.4 Å². The molecule has 2 amide bonds. The highest BCUT2D eigenvalue weighted by Crippen LogP contribution is 2.47. The number of rotatable bonds is 4. The molecule has 0 aromatic heterocycles. The molecule has 4 rings (SSSR count). The van der Waals surface area contributed by atoms with E-state index in [1.807, 2.05) is 5.41 Å². The van der Waals surface area contributed by atoms with Crippen LogP contribution in [-0.2, 0) is 12.8 Å². The molecule has 2 atom stereocenters. The Morgan fingerprint density at radius 2 is 2.12 bits per heavy atom. The standard InChI is InChI=1S/C20H26N2O2S/c1-12(13-4-5-13)15-8-6-14-7-9-16(14)17(15)21-19(23)22-10-11-25-18(22)20(2,3)24/h6,8,10-13,18,24H,4-5,7,9H2,1-3H3,(H,21,23)/t12-,18+/m0/s1. The van der Waals surface area contributed by atoms with Crippen LogP contribution in [-0.4, -0.2) is 27.0 Å². The van der Waals surface area contributed by atoms with Crippen molar-refractivity contribution >= 4 is 23.5 Å². The smallest absolute Gasteiger partial charge is 0.326 e. The summed E-state index contributed by atoms with van der Waals surface area (Å²) in [5.41, 5.74) is 3.98. The van der Waals surface area contributed by atoms with Crippen molar-refractivity contribution in [3.05, 3.63) is 40.4 Å². The molecule has 1 fully saturated rings. The number of anilines is 1. The second-order valence-corrected chi connectivity index (χ2v) is 9.05. The minimum Gasteiger partial charge on any atom is -0.387 e. The van der Waals surface area contributed by atoms with Gasteiger partial charge in [-0.2, -0.15) is 0 Å². The van der Waals surface area contributed by atoms with Gasteiger partial charge in [0.1, 0.15) is 5.37 Å². The summed E-state index contributed by atoms with van der Waals surface area (Å²) in [5.74, 6) is 1.23. The number of carbonyl (C=O) groups is 1. The fraction of sp³-hybridized carbons (Fsp3) is 0.550. The van der Waals surface area contributed by atoms with E-state index in [0.29, 0.717) is 5.92 Å². The SMILES string of the molecule is C[C@H](c1ccc2c(c1NC(=O)N1C=CS[C@@H]1C(C)(C)O)CC2)C1CC1. The largest absolute Gasteiger partial charge is 0.387 e. The van der Waals surface area contributed by atoms with Crippen LogP contribution in [0.1, 0.15) is 56.2 Å². The maximum absolute atomic E-state index is 13.0. The average Bonchev–Trinajstić information content (AvgIpc) is 3.22. The molecular formula is C20H26N2O2S. The van der Waals surface area contributed by atoms with E-state index in [9.17, 15) is 9.90 Å². The molecule has 0 spiro atoms. The van der Waals surface area contributed by atoms with Crippen molar-refractivity contribution in [3.8, 4) is 0 Å². The third-order valence-corrected chi connectivity index (χ3v) is 7.00. The minimum absolute atomic E-state index is 0.155. The van der Waals surface area contributed by atoms with Crippen molar-refractivity contribution in [2.24, 2.45) is 5.92 Å². The molecule has 0 radical (unpaired) electrons. The number of carbonyl (C=O) groups excluding carboxylic acids is 1. The topological polar surface area (TPSA) is 52.6 Å². The fourth-order valence-electron chi connectivity index (χ4n) is 3.86. The van der Waals surface area contributed by atoms with Gasteiger partial charge in [0.05, 0.1) is 5.60 Å². The fourth-order valence-corrected chi connectivity index (χ4v) is 4.84. The number of benzene rings is 1. The highest BCUT2D eigenvalue weighted by Gasteiger charge is 2.38. The highest BCUT2D eigenvalue weighted by molar-refractivity contribution is 8.03. The van der Waals surface area contributed by atoms with Gasteiger partial charge in [-0.1, -0.05) is 19.1 Å². The Balaban J connectivity index is 1.61. The number of urea groups is 1. The third kappa shape index (κ3) is 3.08. The van der Waals surface area contributed by atoms with Crippen molar-refractivity contribution in [2.75, 3.05) is 5.32 Å². The van der Waals surface area contributed by atoms with Gasteiger partial charge in [-0.3, -0.25) is 4.90 Å². The lowest BCUT2D eigenvalue weighted by Gasteiger charge is -2.34. The number of nitrogens with zero attached hydrogens (tertiary/aromatic N) is 1. The number of hydrogen-bond donors (Lipinski definition) is 2. The molecule has 1 saturated carbocycles. The van der Waals surface area contributed by atoms with Crippen molar-refractivity contribution in [2.45, 2.75) is 63.3 Å². The summed E-state index contributed by atoms with van der Waals surface area (Å²) in [6.45, 7) is 5.76. The highest BCUT2D eigenvalue weighted by atomic mass is 32.2. The third-order valence-electron chi connectivity index (χ3n) is 5.66. The first-order chi connectivity index (χ1) is 11.9. The van der Waals surface area contributed by atoms with Gasteiger partial charge < -0.3 is 10.4 Å². The van der Waals surface area contributed by atoms with E-state index in [-0.39, 0.29) is 11.4 Å². The average molecular weight is 359 g/mol. The van der Waals surface area contributed by atoms with Crippen LogP contribution in [0.5, 0.6) is 0 Å². The van der Waals surface area contributed by atoms with Crippen LogP contribution in [0.2, 0.25) is 0 Å². The molecule has 25 heavy (non-hydrogen) atoms. The summed E-state index contributed by atoms with van der Waals surface area (Å²) in [7, 11) is 0. The van der Waals surface area contributed by atoms with Gasteiger partial charge in [0, 0.05) is 11.9 Å². The normalized spacial score (nSPS) is 23.2. The Morgan fingerprint density at radius 3 is 2.72 bits per heavy atom. The number of hydrogen-bond acceptors (Lipinski definition) is 3. The number of thioether (sulfide) groups is 1. The summed E-state index contributed by atoms with van der Waals surface area (Å²) in [6, 6.07) is 4.28. The van der Waals surface area contributed by atoms with Crippen LogP contribution in [0.15, 0.2) is 23.7 Å². The number of aliphatic hydroxyl groups is 1. The summed E-state index contributed by atoms with van der Waals surface area (Å²) in [4.78, 5) is 14.6. The molecule has 4 nitrogen and oxygen atoms in total. The first-order valence-corrected chi connectivity index (χ1v) is 10.1. The van der Waals surface area contributed by atoms with Crippen molar-refractivity contribution < 1.29 is 9.90 Å². The van der Waals surface area contributed by atoms with Gasteiger partial charge in [-0.15, -0.1) is 11.8 Å². The van der Waals surface area contributed by atoms with Crippen LogP contribution >= 0.6 is 11.8 Å². The zero-order valence-electron chi connectivity index (χ0n) is 15.1. The summed E-state index contributed by atoms with van der Waals surface area (Å²) >= 11 is 1.48. The van der Waals surface area contributed by atoms with Crippen LogP contribution in [0.3, 0.4) is 0 Å². The maximum Gasteiger partial charge on any atom is 0.326 e. The molecule has 5 heteroatoms. The lowest BCUT2D eigenvalue weighted by atomic mass is 9.82. The monoisotopic (exact) mass is 358 g/mol. The number of nitrogens with one attached hydrogen (secondary N) is 1. The number of fused-ring (bicyclic) bond motifs is 1. The van der Waals surface area contributed by atoms with E-state index in [2.05, 4.69) is 24.4 Å². The lowest BCUT2D eigenvalue weighted by Crippen LogP contribution is -2.47. The van der Waals surface area contributed by atoms with Crippen LogP contribution in [0.25, 0.3) is 0 Å². The van der Waals surface area contributed by atoms with Gasteiger partial charge >= 0.3 is 6.03 Å². The van der Waals surface area contributed by atoms with Crippen molar-refractivity contribution in [1.29, 1.82) is 0 Å². The predicted octanol–water partition coefficient (Wildman–Crippen LogP) is 4.45. The number of aryl methyl sites for hydroxylation is 1. The van der Waals surface area contributed by atoms with E-state index >= 15 is 0 Å². The molecule has 134 valence electrons. The Morgan fingerprint density at radius 1 is 1.36 bits per heavy atom. The first-order valence-electron chi connectivity index (χ1n) is 9.14. The Kier molecular flexibility index (Phi) is 4.12. The minimum atomic E-state index is -0.961. The van der Waals surface area contributed by atoms with Gasteiger partial charge in [0.15, 0.2) is 0 Å². The van der Waals surface area contributed by atoms with E-state index in [1.165, 1.54) is 41.3 Å². The Bertz CT molecular complexity index is 734. The molecule has 1 aliphatic heterocycles. The van der Waals surface area contributed by atoms with Crippen LogP contribution in [0.4, 0.5) is 10.5 Å². The molecule has 1 heterocycles. The second kappa shape index (κ2) is 6.06. The zero-order chi connectivity index (χ0) is 17.8. The van der Waals surface area contributed by atoms with E-state index < -0.39 is 5.60 Å². The summed E-state index contributed by atoms with van der Waals surface area (Å²) < 4.78 is 0. The van der Waals surface area contributed by atoms with E-state index in [4.69, 9.17) is 0 Å². The van der Waals surface area contributed by atoms with Gasteiger partial charge in [-0.05, 0) is 73.5 Å². The van der Waals surface area contributed by atoms with Crippen LogP contribution < -0.4 is 5.32 Å². The van der Waals surface area contributed by atoms with Crippen molar-refractivity contribution in [1.82, 2.24) is 4.90 Å². The first kappa shape index (κ1) is 17.0. The van der Waals surface area contributed by atoms with Gasteiger partial charge in [-0.25, -0.2) is 4.79 Å². The quantitative estimate of drug-likeness (QED) is 0.836. The Hall–Kier alpha value is -1.46. The number of amides is 2. The molecule has 0 bridgehead atoms. The molecule has 1 aromatic carbocycles. The molecule has 2 N–H and O–H groups in total. The molecule has 3 aliphatic rings.